The summed E-state index contributed by atoms with van der Waals surface area (Å²) in [7, 11) is 1.41. The lowest BCUT2D eigenvalue weighted by atomic mass is 9.96. The third-order valence-electron chi connectivity index (χ3n) is 4.16. The van der Waals surface area contributed by atoms with E-state index >= 15 is 0 Å². The second kappa shape index (κ2) is 4.85. The van der Waals surface area contributed by atoms with Crippen molar-refractivity contribution in [2.75, 3.05) is 7.11 Å². The Morgan fingerprint density at radius 2 is 1.36 bits per heavy atom. The van der Waals surface area contributed by atoms with Gasteiger partial charge in [-0.2, -0.15) is 0 Å². The Bertz CT molecular complexity index is 1030. The molecule has 0 atom stereocenters. The van der Waals surface area contributed by atoms with Gasteiger partial charge in [-0.05, 0) is 44.5 Å². The van der Waals surface area contributed by atoms with E-state index in [-0.39, 0.29) is 5.97 Å². The maximum Gasteiger partial charge on any atom is 0.337 e. The van der Waals surface area contributed by atoms with Crippen molar-refractivity contribution in [2.45, 2.75) is 0 Å². The molecule has 0 aliphatic heterocycles. The minimum atomic E-state index is -0.306. The first kappa shape index (κ1) is 12.8. The summed E-state index contributed by atoms with van der Waals surface area (Å²) in [6.07, 6.45) is 0. The van der Waals surface area contributed by atoms with E-state index in [4.69, 9.17) is 4.74 Å². The van der Waals surface area contributed by atoms with Crippen LogP contribution in [0.2, 0.25) is 0 Å². The minimum Gasteiger partial charge on any atom is -0.465 e. The van der Waals surface area contributed by atoms with Crippen LogP contribution in [-0.2, 0) is 4.74 Å². The Morgan fingerprint density at radius 1 is 0.727 bits per heavy atom. The van der Waals surface area contributed by atoms with E-state index in [0.717, 1.165) is 16.2 Å². The van der Waals surface area contributed by atoms with Crippen LogP contribution in [0.3, 0.4) is 0 Å². The molecule has 0 heterocycles. The van der Waals surface area contributed by atoms with Crippen molar-refractivity contribution in [2.24, 2.45) is 0 Å². The van der Waals surface area contributed by atoms with Gasteiger partial charge in [-0.1, -0.05) is 54.6 Å². The smallest absolute Gasteiger partial charge is 0.337 e. The summed E-state index contributed by atoms with van der Waals surface area (Å²) < 4.78 is 4.83. The van der Waals surface area contributed by atoms with Gasteiger partial charge in [0, 0.05) is 0 Å². The molecule has 0 aromatic heterocycles. The van der Waals surface area contributed by atoms with E-state index in [1.165, 1.54) is 23.3 Å². The summed E-state index contributed by atoms with van der Waals surface area (Å²) in [4.78, 5) is 11.8. The number of ether oxygens (including phenoxy) is 1. The van der Waals surface area contributed by atoms with Crippen molar-refractivity contribution in [3.63, 3.8) is 0 Å². The van der Waals surface area contributed by atoms with E-state index in [0.29, 0.717) is 5.56 Å². The first-order valence-corrected chi connectivity index (χ1v) is 7.20. The fraction of sp³-hybridized carbons (Fsp3) is 0.0500. The summed E-state index contributed by atoms with van der Waals surface area (Å²) in [5.41, 5.74) is 0.579. The van der Waals surface area contributed by atoms with Crippen LogP contribution in [0.15, 0.2) is 66.7 Å². The molecule has 22 heavy (non-hydrogen) atoms. The molecular formula is C20H14O2. The third-order valence-corrected chi connectivity index (χ3v) is 4.16. The minimum absolute atomic E-state index is 0.306. The predicted molar refractivity (Wildman–Crippen MR) is 90.3 cm³/mol. The summed E-state index contributed by atoms with van der Waals surface area (Å²) in [5.74, 6) is -0.306. The maximum atomic E-state index is 11.8. The number of methoxy groups -OCH3 is 1. The van der Waals surface area contributed by atoms with Crippen molar-refractivity contribution < 1.29 is 9.53 Å². The normalized spacial score (nSPS) is 11.1. The molecule has 0 N–H and O–H groups in total. The Labute approximate surface area is 127 Å². The highest BCUT2D eigenvalue weighted by molar-refractivity contribution is 6.17. The summed E-state index contributed by atoms with van der Waals surface area (Å²) in [6, 6.07) is 22.5. The molecule has 0 fully saturated rings. The number of carbonyl (C=O) groups excluding carboxylic acids is 1. The van der Waals surface area contributed by atoms with E-state index in [9.17, 15) is 4.79 Å². The topological polar surface area (TPSA) is 26.3 Å². The Hall–Kier alpha value is -2.87. The molecule has 0 bridgehead atoms. The SMILES string of the molecule is COC(=O)c1ccc2ccc3c4ccccc4ccc3c2c1. The lowest BCUT2D eigenvalue weighted by Crippen LogP contribution is -2.00. The number of hydrogen-bond acceptors (Lipinski definition) is 2. The predicted octanol–water partition coefficient (Wildman–Crippen LogP) is 4.93. The highest BCUT2D eigenvalue weighted by atomic mass is 16.5. The molecule has 0 unspecified atom stereocenters. The number of fused-ring (bicyclic) bond motifs is 5. The van der Waals surface area contributed by atoms with Crippen molar-refractivity contribution in [3.8, 4) is 0 Å². The number of benzene rings is 4. The molecule has 2 nitrogen and oxygen atoms in total. The molecule has 4 aromatic carbocycles. The van der Waals surface area contributed by atoms with E-state index in [1.807, 2.05) is 18.2 Å². The molecule has 0 saturated carbocycles. The molecule has 0 aliphatic rings. The number of hydrogen-bond donors (Lipinski definition) is 0. The van der Waals surface area contributed by atoms with Crippen LogP contribution in [0.1, 0.15) is 10.4 Å². The summed E-state index contributed by atoms with van der Waals surface area (Å²) in [6.45, 7) is 0. The molecule has 0 saturated heterocycles. The van der Waals surface area contributed by atoms with Crippen molar-refractivity contribution in [1.29, 1.82) is 0 Å². The Kier molecular flexibility index (Phi) is 2.83. The van der Waals surface area contributed by atoms with Crippen LogP contribution < -0.4 is 0 Å². The van der Waals surface area contributed by atoms with Gasteiger partial charge in [-0.15, -0.1) is 0 Å². The molecular weight excluding hydrogens is 272 g/mol. The molecule has 0 spiro atoms. The number of carbonyl (C=O) groups is 1. The van der Waals surface area contributed by atoms with Gasteiger partial charge in [0.2, 0.25) is 0 Å². The fourth-order valence-corrected chi connectivity index (χ4v) is 3.06. The van der Waals surface area contributed by atoms with Crippen LogP contribution in [0.25, 0.3) is 32.3 Å². The molecule has 4 aromatic rings. The zero-order chi connectivity index (χ0) is 15.1. The quantitative estimate of drug-likeness (QED) is 0.366. The first-order valence-electron chi connectivity index (χ1n) is 7.20. The van der Waals surface area contributed by atoms with Gasteiger partial charge < -0.3 is 4.74 Å². The second-order valence-corrected chi connectivity index (χ2v) is 5.37. The van der Waals surface area contributed by atoms with Gasteiger partial charge in [-0.3, -0.25) is 0 Å². The fourth-order valence-electron chi connectivity index (χ4n) is 3.06. The van der Waals surface area contributed by atoms with Crippen molar-refractivity contribution in [3.05, 3.63) is 72.3 Å². The molecule has 0 amide bonds. The molecule has 4 rings (SSSR count). The number of esters is 1. The van der Waals surface area contributed by atoms with Crippen LogP contribution in [0, 0.1) is 0 Å². The molecule has 106 valence electrons. The van der Waals surface area contributed by atoms with Gasteiger partial charge in [0.15, 0.2) is 0 Å². The van der Waals surface area contributed by atoms with Crippen molar-refractivity contribution >= 4 is 38.3 Å². The highest BCUT2D eigenvalue weighted by Gasteiger charge is 2.09. The van der Waals surface area contributed by atoms with E-state index in [2.05, 4.69) is 42.5 Å². The lowest BCUT2D eigenvalue weighted by molar-refractivity contribution is 0.0601. The largest absolute Gasteiger partial charge is 0.465 e. The van der Waals surface area contributed by atoms with Crippen LogP contribution in [0.5, 0.6) is 0 Å². The maximum absolute atomic E-state index is 11.8. The first-order chi connectivity index (χ1) is 10.8. The van der Waals surface area contributed by atoms with Gasteiger partial charge in [0.25, 0.3) is 0 Å². The number of rotatable bonds is 1. The Balaban J connectivity index is 2.13. The second-order valence-electron chi connectivity index (χ2n) is 5.37. The third kappa shape index (κ3) is 1.85. The summed E-state index contributed by atoms with van der Waals surface area (Å²) in [5, 5.41) is 7.00. The van der Waals surface area contributed by atoms with Gasteiger partial charge >= 0.3 is 5.97 Å². The average molecular weight is 286 g/mol. The Morgan fingerprint density at radius 3 is 2.14 bits per heavy atom. The molecule has 2 heteroatoms. The molecule has 0 radical (unpaired) electrons. The zero-order valence-electron chi connectivity index (χ0n) is 12.2. The highest BCUT2D eigenvalue weighted by Crippen LogP contribution is 2.31. The van der Waals surface area contributed by atoms with Crippen LogP contribution in [-0.4, -0.2) is 13.1 Å². The van der Waals surface area contributed by atoms with E-state index in [1.54, 1.807) is 6.07 Å². The monoisotopic (exact) mass is 286 g/mol. The lowest BCUT2D eigenvalue weighted by Gasteiger charge is -2.08. The standard InChI is InChI=1S/C20H14O2/c1-22-20(21)15-7-6-14-9-10-17-16-5-3-2-4-13(16)8-11-18(17)19(14)12-15/h2-12H,1H3. The molecule has 0 aliphatic carbocycles. The van der Waals surface area contributed by atoms with Gasteiger partial charge in [0.1, 0.15) is 0 Å². The van der Waals surface area contributed by atoms with Crippen molar-refractivity contribution in [1.82, 2.24) is 0 Å². The van der Waals surface area contributed by atoms with Gasteiger partial charge in [0.05, 0.1) is 12.7 Å². The zero-order valence-corrected chi connectivity index (χ0v) is 12.2. The average Bonchev–Trinajstić information content (AvgIpc) is 2.60. The summed E-state index contributed by atoms with van der Waals surface area (Å²) >= 11 is 0. The van der Waals surface area contributed by atoms with Crippen LogP contribution >= 0.6 is 0 Å². The van der Waals surface area contributed by atoms with Gasteiger partial charge in [-0.25, -0.2) is 4.79 Å². The van der Waals surface area contributed by atoms with Crippen LogP contribution in [0.4, 0.5) is 0 Å². The van der Waals surface area contributed by atoms with E-state index < -0.39 is 0 Å².